The lowest BCUT2D eigenvalue weighted by molar-refractivity contribution is -0.119. The van der Waals surface area contributed by atoms with Crippen LogP contribution >= 0.6 is 0 Å². The predicted octanol–water partition coefficient (Wildman–Crippen LogP) is 3.07. The zero-order chi connectivity index (χ0) is 26.1. The number of nitrogens with zero attached hydrogens (tertiary/aromatic N) is 2. The average Bonchev–Trinajstić information content (AvgIpc) is 2.91. The number of benzene rings is 3. The molecule has 10 nitrogen and oxygen atoms in total. The lowest BCUT2D eigenvalue weighted by atomic mass is 10.2. The van der Waals surface area contributed by atoms with Crippen molar-refractivity contribution in [1.82, 2.24) is 5.43 Å². The number of hydrogen-bond acceptors (Lipinski definition) is 8. The number of para-hydroxylation sites is 1. The van der Waals surface area contributed by atoms with Crippen molar-refractivity contribution in [2.75, 3.05) is 39.3 Å². The molecule has 0 aromatic heterocycles. The van der Waals surface area contributed by atoms with Gasteiger partial charge in [0.05, 0.1) is 45.2 Å². The van der Waals surface area contributed by atoms with Gasteiger partial charge in [-0.3, -0.25) is 9.10 Å². The van der Waals surface area contributed by atoms with Gasteiger partial charge in [0.15, 0.2) is 11.5 Å². The lowest BCUT2D eigenvalue weighted by Gasteiger charge is -2.24. The molecule has 0 aliphatic carbocycles. The van der Waals surface area contributed by atoms with E-state index in [1.54, 1.807) is 48.5 Å². The van der Waals surface area contributed by atoms with Gasteiger partial charge >= 0.3 is 0 Å². The number of amides is 1. The van der Waals surface area contributed by atoms with Gasteiger partial charge in [0.1, 0.15) is 18.0 Å². The van der Waals surface area contributed by atoms with Gasteiger partial charge in [-0.15, -0.1) is 0 Å². The molecule has 0 heterocycles. The first-order valence-corrected chi connectivity index (χ1v) is 12.1. The highest BCUT2D eigenvalue weighted by atomic mass is 32.2. The van der Waals surface area contributed by atoms with Gasteiger partial charge in [-0.05, 0) is 36.4 Å². The summed E-state index contributed by atoms with van der Waals surface area (Å²) < 4.78 is 49.0. The summed E-state index contributed by atoms with van der Waals surface area (Å²) in [6, 6.07) is 17.6. The Morgan fingerprint density at radius 3 is 2.19 bits per heavy atom. The second kappa shape index (κ2) is 11.9. The molecule has 0 atom stereocenters. The number of carbonyl (C=O) groups is 1. The van der Waals surface area contributed by atoms with Crippen LogP contribution in [0.3, 0.4) is 0 Å². The van der Waals surface area contributed by atoms with Crippen molar-refractivity contribution >= 4 is 27.8 Å². The van der Waals surface area contributed by atoms with Crippen LogP contribution in [0.1, 0.15) is 5.56 Å². The average molecular weight is 514 g/mol. The van der Waals surface area contributed by atoms with Gasteiger partial charge in [-0.2, -0.15) is 5.10 Å². The molecule has 0 spiro atoms. The van der Waals surface area contributed by atoms with E-state index in [-0.39, 0.29) is 10.6 Å². The Balaban J connectivity index is 1.85. The van der Waals surface area contributed by atoms with Crippen LogP contribution in [0.25, 0.3) is 0 Å². The maximum Gasteiger partial charge on any atom is 0.264 e. The fourth-order valence-electron chi connectivity index (χ4n) is 3.28. The third kappa shape index (κ3) is 6.05. The largest absolute Gasteiger partial charge is 0.497 e. The van der Waals surface area contributed by atoms with E-state index in [1.807, 2.05) is 0 Å². The molecule has 3 aromatic rings. The van der Waals surface area contributed by atoms with Crippen molar-refractivity contribution in [3.63, 3.8) is 0 Å². The fraction of sp³-hybridized carbons (Fsp3) is 0.200. The summed E-state index contributed by atoms with van der Waals surface area (Å²) in [7, 11) is 1.75. The highest BCUT2D eigenvalue weighted by Crippen LogP contribution is 2.32. The maximum atomic E-state index is 13.6. The molecule has 0 aliphatic rings. The molecule has 0 saturated carbocycles. The van der Waals surface area contributed by atoms with Crippen LogP contribution in [0.4, 0.5) is 5.69 Å². The molecule has 11 heteroatoms. The molecule has 0 saturated heterocycles. The Bertz CT molecular complexity index is 1330. The van der Waals surface area contributed by atoms with E-state index in [4.69, 9.17) is 18.9 Å². The first-order valence-electron chi connectivity index (χ1n) is 10.7. The number of rotatable bonds is 11. The normalized spacial score (nSPS) is 11.1. The zero-order valence-corrected chi connectivity index (χ0v) is 21.1. The molecule has 36 heavy (non-hydrogen) atoms. The second-order valence-corrected chi connectivity index (χ2v) is 9.13. The number of hydrogen-bond donors (Lipinski definition) is 1. The minimum Gasteiger partial charge on any atom is -0.497 e. The molecule has 0 aliphatic heterocycles. The summed E-state index contributed by atoms with van der Waals surface area (Å²) in [5.74, 6) is 1.07. The van der Waals surface area contributed by atoms with E-state index in [1.165, 1.54) is 52.9 Å². The van der Waals surface area contributed by atoms with Crippen molar-refractivity contribution < 1.29 is 32.2 Å². The van der Waals surface area contributed by atoms with Crippen molar-refractivity contribution in [1.29, 1.82) is 0 Å². The number of nitrogens with one attached hydrogen (secondary N) is 1. The van der Waals surface area contributed by atoms with E-state index >= 15 is 0 Å². The van der Waals surface area contributed by atoms with Crippen LogP contribution in [-0.2, 0) is 14.8 Å². The van der Waals surface area contributed by atoms with Gasteiger partial charge in [-0.1, -0.05) is 18.2 Å². The quantitative estimate of drug-likeness (QED) is 0.309. The molecule has 1 amide bonds. The molecule has 3 aromatic carbocycles. The van der Waals surface area contributed by atoms with Crippen molar-refractivity contribution in [2.24, 2.45) is 5.10 Å². The number of ether oxygens (including phenoxy) is 4. The molecule has 190 valence electrons. The number of anilines is 1. The van der Waals surface area contributed by atoms with Crippen molar-refractivity contribution in [3.05, 3.63) is 72.3 Å². The van der Waals surface area contributed by atoms with Crippen LogP contribution in [0.2, 0.25) is 0 Å². The lowest BCUT2D eigenvalue weighted by Crippen LogP contribution is -2.39. The van der Waals surface area contributed by atoms with Crippen molar-refractivity contribution in [2.45, 2.75) is 4.90 Å². The monoisotopic (exact) mass is 513 g/mol. The molecule has 0 fully saturated rings. The predicted molar refractivity (Wildman–Crippen MR) is 136 cm³/mol. The fourth-order valence-corrected chi connectivity index (χ4v) is 4.72. The van der Waals surface area contributed by atoms with E-state index in [0.29, 0.717) is 28.5 Å². The zero-order valence-electron chi connectivity index (χ0n) is 20.3. The van der Waals surface area contributed by atoms with Crippen LogP contribution in [0.5, 0.6) is 23.0 Å². The highest BCUT2D eigenvalue weighted by Gasteiger charge is 2.28. The Morgan fingerprint density at radius 1 is 0.861 bits per heavy atom. The van der Waals surface area contributed by atoms with Gasteiger partial charge in [-0.25, -0.2) is 13.8 Å². The van der Waals surface area contributed by atoms with Gasteiger partial charge in [0, 0.05) is 17.7 Å². The Kier molecular flexibility index (Phi) is 8.74. The summed E-state index contributed by atoms with van der Waals surface area (Å²) >= 11 is 0. The van der Waals surface area contributed by atoms with Crippen LogP contribution in [-0.4, -0.2) is 55.5 Å². The first kappa shape index (κ1) is 26.4. The minimum absolute atomic E-state index is 0.0664. The molecule has 0 radical (unpaired) electrons. The van der Waals surface area contributed by atoms with E-state index < -0.39 is 22.5 Å². The smallest absolute Gasteiger partial charge is 0.264 e. The summed E-state index contributed by atoms with van der Waals surface area (Å²) in [6.45, 7) is -0.516. The molecular weight excluding hydrogens is 486 g/mol. The third-order valence-corrected chi connectivity index (χ3v) is 6.88. The Labute approximate surface area is 210 Å². The standard InChI is InChI=1S/C25H27N3O7S/c1-32-20-11-10-18(23(14-20)34-3)16-26-27-25(29)17-28(19-8-6-5-7-9-19)36(30,31)21-12-13-22(33-2)24(15-21)35-4/h5-16H,17H2,1-4H3,(H,27,29)/b26-16-. The van der Waals surface area contributed by atoms with E-state index in [2.05, 4.69) is 10.5 Å². The Morgan fingerprint density at radius 2 is 1.56 bits per heavy atom. The van der Waals surface area contributed by atoms with Crippen LogP contribution in [0, 0.1) is 0 Å². The van der Waals surface area contributed by atoms with Crippen molar-refractivity contribution in [3.8, 4) is 23.0 Å². The number of carbonyl (C=O) groups excluding carboxylic acids is 1. The number of hydrazone groups is 1. The molecule has 0 bridgehead atoms. The van der Waals surface area contributed by atoms with Gasteiger partial charge in [0.25, 0.3) is 15.9 Å². The molecule has 1 N–H and O–H groups in total. The second-order valence-electron chi connectivity index (χ2n) is 7.27. The first-order chi connectivity index (χ1) is 17.3. The molecule has 0 unspecified atom stereocenters. The highest BCUT2D eigenvalue weighted by molar-refractivity contribution is 7.92. The van der Waals surface area contributed by atoms with E-state index in [9.17, 15) is 13.2 Å². The third-order valence-electron chi connectivity index (χ3n) is 5.11. The van der Waals surface area contributed by atoms with Gasteiger partial charge < -0.3 is 18.9 Å². The summed E-state index contributed by atoms with van der Waals surface area (Å²) in [4.78, 5) is 12.7. The number of methoxy groups -OCH3 is 4. The minimum atomic E-state index is -4.15. The topological polar surface area (TPSA) is 116 Å². The number of sulfonamides is 1. The summed E-state index contributed by atoms with van der Waals surface area (Å²) in [5, 5.41) is 3.95. The molecule has 3 rings (SSSR count). The summed E-state index contributed by atoms with van der Waals surface area (Å²) in [6.07, 6.45) is 1.39. The van der Waals surface area contributed by atoms with Crippen LogP contribution < -0.4 is 28.7 Å². The maximum absolute atomic E-state index is 13.6. The van der Waals surface area contributed by atoms with Crippen LogP contribution in [0.15, 0.2) is 76.7 Å². The van der Waals surface area contributed by atoms with Gasteiger partial charge in [0.2, 0.25) is 0 Å². The van der Waals surface area contributed by atoms with E-state index in [0.717, 1.165) is 4.31 Å². The summed E-state index contributed by atoms with van der Waals surface area (Å²) in [5.41, 5.74) is 3.27. The molecular formula is C25H27N3O7S. The SMILES string of the molecule is COc1ccc(/C=N\NC(=O)CN(c2ccccc2)S(=O)(=O)c2ccc(OC)c(OC)c2)c(OC)c1. The Hall–Kier alpha value is -4.25.